The lowest BCUT2D eigenvalue weighted by Gasteiger charge is -2.04. The van der Waals surface area contributed by atoms with Gasteiger partial charge in [-0.2, -0.15) is 0 Å². The fourth-order valence-electron chi connectivity index (χ4n) is 1.88. The largest absolute Gasteiger partial charge is 0.255 e. The van der Waals surface area contributed by atoms with Crippen LogP contribution in [0.1, 0.15) is 0 Å². The first-order valence-corrected chi connectivity index (χ1v) is 6.11. The SMILES string of the molecule is Clc1cnc2cc3cc(Cl)cc(Cl)c3cc2c1. The number of hydrogen-bond donors (Lipinski definition) is 0. The summed E-state index contributed by atoms with van der Waals surface area (Å²) < 4.78 is 0. The molecule has 2 aromatic carbocycles. The third-order valence-corrected chi connectivity index (χ3v) is 3.37. The van der Waals surface area contributed by atoms with E-state index in [0.717, 1.165) is 21.7 Å². The number of hydrogen-bond acceptors (Lipinski definition) is 1. The van der Waals surface area contributed by atoms with Crippen molar-refractivity contribution >= 4 is 56.5 Å². The highest BCUT2D eigenvalue weighted by molar-refractivity contribution is 6.39. The number of nitrogens with zero attached hydrogens (tertiary/aromatic N) is 1. The minimum atomic E-state index is 0.613. The summed E-state index contributed by atoms with van der Waals surface area (Å²) >= 11 is 18.1. The molecule has 0 N–H and O–H groups in total. The molecule has 3 aromatic rings. The van der Waals surface area contributed by atoms with Gasteiger partial charge in [0, 0.05) is 27.0 Å². The van der Waals surface area contributed by atoms with Crippen LogP contribution in [0.3, 0.4) is 0 Å². The van der Waals surface area contributed by atoms with Gasteiger partial charge in [0.15, 0.2) is 0 Å². The number of fused-ring (bicyclic) bond motifs is 2. The van der Waals surface area contributed by atoms with E-state index in [1.165, 1.54) is 0 Å². The van der Waals surface area contributed by atoms with Crippen LogP contribution in [0.25, 0.3) is 21.7 Å². The summed E-state index contributed by atoms with van der Waals surface area (Å²) in [5.74, 6) is 0. The molecule has 3 rings (SSSR count). The van der Waals surface area contributed by atoms with E-state index in [9.17, 15) is 0 Å². The van der Waals surface area contributed by atoms with Crippen molar-refractivity contribution in [1.29, 1.82) is 0 Å². The second-order valence-electron chi connectivity index (χ2n) is 3.81. The number of rotatable bonds is 0. The summed E-state index contributed by atoms with van der Waals surface area (Å²) in [5, 5.41) is 4.76. The summed E-state index contributed by atoms with van der Waals surface area (Å²) in [5.41, 5.74) is 0.875. The molecule has 0 fully saturated rings. The molecule has 4 heteroatoms. The van der Waals surface area contributed by atoms with Crippen molar-refractivity contribution in [3.05, 3.63) is 51.6 Å². The first-order chi connectivity index (χ1) is 8.13. The Balaban J connectivity index is 2.48. The Bertz CT molecular complexity index is 737. The van der Waals surface area contributed by atoms with Gasteiger partial charge in [-0.25, -0.2) is 0 Å². The van der Waals surface area contributed by atoms with Crippen LogP contribution in [-0.4, -0.2) is 4.98 Å². The molecule has 84 valence electrons. The van der Waals surface area contributed by atoms with E-state index < -0.39 is 0 Å². The smallest absolute Gasteiger partial charge is 0.0709 e. The standard InChI is InChI=1S/C13H6Cl3N/c14-9-1-7-4-13-8(2-10(15)6-17-13)3-11(7)12(16)5-9/h1-6H. The molecular formula is C13H6Cl3N. The molecule has 0 unspecified atom stereocenters. The summed E-state index contributed by atoms with van der Waals surface area (Å²) in [7, 11) is 0. The van der Waals surface area contributed by atoms with Gasteiger partial charge in [-0.3, -0.25) is 4.98 Å². The lowest BCUT2D eigenvalue weighted by Crippen LogP contribution is -1.81. The van der Waals surface area contributed by atoms with Crippen molar-refractivity contribution in [2.75, 3.05) is 0 Å². The summed E-state index contributed by atoms with van der Waals surface area (Å²) in [6.45, 7) is 0. The number of benzene rings is 2. The molecule has 0 atom stereocenters. The van der Waals surface area contributed by atoms with Gasteiger partial charge in [0.2, 0.25) is 0 Å². The number of pyridine rings is 1. The Morgan fingerprint density at radius 3 is 2.35 bits per heavy atom. The van der Waals surface area contributed by atoms with E-state index in [-0.39, 0.29) is 0 Å². The predicted molar refractivity (Wildman–Crippen MR) is 74.3 cm³/mol. The van der Waals surface area contributed by atoms with Crippen LogP contribution in [0.15, 0.2) is 36.5 Å². The Hall–Kier alpha value is -1.02. The quantitative estimate of drug-likeness (QED) is 0.507. The van der Waals surface area contributed by atoms with Crippen molar-refractivity contribution in [3.63, 3.8) is 0 Å². The van der Waals surface area contributed by atoms with Crippen molar-refractivity contribution in [3.8, 4) is 0 Å². The van der Waals surface area contributed by atoms with Crippen LogP contribution < -0.4 is 0 Å². The van der Waals surface area contributed by atoms with Gasteiger partial charge in [0.05, 0.1) is 10.5 Å². The van der Waals surface area contributed by atoms with E-state index >= 15 is 0 Å². The van der Waals surface area contributed by atoms with Gasteiger partial charge in [0.1, 0.15) is 0 Å². The fraction of sp³-hybridized carbons (Fsp3) is 0. The summed E-state index contributed by atoms with van der Waals surface area (Å²) in [6.07, 6.45) is 1.63. The minimum Gasteiger partial charge on any atom is -0.255 e. The highest BCUT2D eigenvalue weighted by Gasteiger charge is 2.05. The van der Waals surface area contributed by atoms with Crippen molar-refractivity contribution in [1.82, 2.24) is 4.98 Å². The minimum absolute atomic E-state index is 0.613. The lowest BCUT2D eigenvalue weighted by atomic mass is 10.1. The van der Waals surface area contributed by atoms with E-state index in [1.54, 1.807) is 12.3 Å². The van der Waals surface area contributed by atoms with Crippen molar-refractivity contribution in [2.45, 2.75) is 0 Å². The maximum atomic E-state index is 6.16. The maximum absolute atomic E-state index is 6.16. The zero-order valence-electron chi connectivity index (χ0n) is 8.55. The van der Waals surface area contributed by atoms with Gasteiger partial charge in [-0.05, 0) is 35.7 Å². The second-order valence-corrected chi connectivity index (χ2v) is 5.09. The summed E-state index contributed by atoms with van der Waals surface area (Å²) in [4.78, 5) is 4.27. The van der Waals surface area contributed by atoms with Gasteiger partial charge in [-0.15, -0.1) is 0 Å². The van der Waals surface area contributed by atoms with Gasteiger partial charge in [-0.1, -0.05) is 34.8 Å². The van der Waals surface area contributed by atoms with Crippen molar-refractivity contribution < 1.29 is 0 Å². The molecule has 0 aliphatic rings. The topological polar surface area (TPSA) is 12.9 Å². The van der Waals surface area contributed by atoms with E-state index in [4.69, 9.17) is 34.8 Å². The molecule has 0 aliphatic heterocycles. The molecule has 0 spiro atoms. The van der Waals surface area contributed by atoms with E-state index in [1.807, 2.05) is 24.3 Å². The molecule has 0 aliphatic carbocycles. The van der Waals surface area contributed by atoms with Gasteiger partial charge in [0.25, 0.3) is 0 Å². The van der Waals surface area contributed by atoms with Crippen LogP contribution in [0.2, 0.25) is 15.1 Å². The van der Waals surface area contributed by atoms with Crippen LogP contribution >= 0.6 is 34.8 Å². The Morgan fingerprint density at radius 1 is 0.765 bits per heavy atom. The van der Waals surface area contributed by atoms with E-state index in [0.29, 0.717) is 15.1 Å². The second kappa shape index (κ2) is 4.02. The van der Waals surface area contributed by atoms with Crippen LogP contribution in [0.5, 0.6) is 0 Å². The molecule has 1 aromatic heterocycles. The molecular weight excluding hydrogens is 277 g/mol. The van der Waals surface area contributed by atoms with Crippen LogP contribution in [0.4, 0.5) is 0 Å². The molecule has 1 heterocycles. The first kappa shape index (κ1) is 11.1. The molecule has 0 bridgehead atoms. The van der Waals surface area contributed by atoms with E-state index in [2.05, 4.69) is 4.98 Å². The highest BCUT2D eigenvalue weighted by Crippen LogP contribution is 2.31. The maximum Gasteiger partial charge on any atom is 0.0709 e. The zero-order valence-corrected chi connectivity index (χ0v) is 10.8. The third kappa shape index (κ3) is 1.95. The third-order valence-electron chi connectivity index (χ3n) is 2.63. The number of aromatic nitrogens is 1. The normalized spacial score (nSPS) is 11.2. The fourth-order valence-corrected chi connectivity index (χ4v) is 2.61. The molecule has 0 amide bonds. The van der Waals surface area contributed by atoms with Gasteiger partial charge < -0.3 is 0 Å². The number of halogens is 3. The van der Waals surface area contributed by atoms with Crippen LogP contribution in [0, 0.1) is 0 Å². The van der Waals surface area contributed by atoms with Crippen molar-refractivity contribution in [2.24, 2.45) is 0 Å². The first-order valence-electron chi connectivity index (χ1n) is 4.97. The summed E-state index contributed by atoms with van der Waals surface area (Å²) in [6, 6.07) is 9.41. The Labute approximate surface area is 113 Å². The highest BCUT2D eigenvalue weighted by atomic mass is 35.5. The average Bonchev–Trinajstić information content (AvgIpc) is 2.27. The zero-order chi connectivity index (χ0) is 12.0. The average molecular weight is 283 g/mol. The van der Waals surface area contributed by atoms with Gasteiger partial charge >= 0.3 is 0 Å². The Morgan fingerprint density at radius 2 is 1.53 bits per heavy atom. The Kier molecular flexibility index (Phi) is 2.62. The molecule has 1 nitrogen and oxygen atoms in total. The lowest BCUT2D eigenvalue weighted by molar-refractivity contribution is 1.42. The molecule has 17 heavy (non-hydrogen) atoms. The molecule has 0 radical (unpaired) electrons. The molecule has 0 saturated heterocycles. The van der Waals surface area contributed by atoms with Crippen LogP contribution in [-0.2, 0) is 0 Å². The molecule has 0 saturated carbocycles. The predicted octanol–water partition coefficient (Wildman–Crippen LogP) is 5.35. The monoisotopic (exact) mass is 281 g/mol.